The van der Waals surface area contributed by atoms with Crippen molar-refractivity contribution >= 4 is 17.9 Å². The molecular formula is C16H24O7. The van der Waals surface area contributed by atoms with E-state index < -0.39 is 29.9 Å². The Morgan fingerprint density at radius 3 is 2.57 bits per heavy atom. The summed E-state index contributed by atoms with van der Waals surface area (Å²) in [5.41, 5.74) is -1.82. The van der Waals surface area contributed by atoms with Gasteiger partial charge in [0.15, 0.2) is 0 Å². The molecule has 0 amide bonds. The van der Waals surface area contributed by atoms with Crippen LogP contribution in [0.15, 0.2) is 12.7 Å². The zero-order valence-electron chi connectivity index (χ0n) is 13.4. The Kier molecular flexibility index (Phi) is 7.74. The molecule has 0 aromatic heterocycles. The van der Waals surface area contributed by atoms with E-state index in [2.05, 4.69) is 6.58 Å². The van der Waals surface area contributed by atoms with Crippen LogP contribution < -0.4 is 0 Å². The third-order valence-electron chi connectivity index (χ3n) is 3.51. The summed E-state index contributed by atoms with van der Waals surface area (Å²) in [6.45, 7) is 5.85. The largest absolute Gasteiger partial charge is 0.481 e. The van der Waals surface area contributed by atoms with E-state index in [1.54, 1.807) is 0 Å². The quantitative estimate of drug-likeness (QED) is 0.252. The minimum atomic E-state index is -1.82. The van der Waals surface area contributed by atoms with Gasteiger partial charge in [-0.2, -0.15) is 0 Å². The lowest BCUT2D eigenvalue weighted by atomic mass is 9.91. The van der Waals surface area contributed by atoms with E-state index in [-0.39, 0.29) is 19.1 Å². The topological polar surface area (TPSA) is 102 Å². The zero-order valence-corrected chi connectivity index (χ0v) is 13.4. The number of hydrogen-bond donors (Lipinski definition) is 1. The van der Waals surface area contributed by atoms with Crippen LogP contribution in [0.1, 0.15) is 45.4 Å². The van der Waals surface area contributed by atoms with Crippen molar-refractivity contribution in [3.63, 3.8) is 0 Å². The standard InChI is InChI=1S/C16H24O7/c1-3-5-6-7-8-16(9-13(17)18,23-14(19)4-2)15(20)22-11-12-10-21-12/h4,12H,2-3,5-11H2,1H3,(H,17,18). The molecule has 0 spiro atoms. The minimum absolute atomic E-state index is 0.0286. The summed E-state index contributed by atoms with van der Waals surface area (Å²) in [7, 11) is 0. The predicted molar refractivity (Wildman–Crippen MR) is 80.7 cm³/mol. The smallest absolute Gasteiger partial charge is 0.351 e. The molecule has 1 aliphatic rings. The van der Waals surface area contributed by atoms with Crippen LogP contribution in [0.2, 0.25) is 0 Å². The SMILES string of the molecule is C=CC(=O)OC(CCCCCC)(CC(=O)O)C(=O)OCC1CO1. The second-order valence-corrected chi connectivity index (χ2v) is 5.55. The first kappa shape index (κ1) is 19.2. The fourth-order valence-corrected chi connectivity index (χ4v) is 2.17. The van der Waals surface area contributed by atoms with E-state index in [1.165, 1.54) is 0 Å². The van der Waals surface area contributed by atoms with Crippen LogP contribution in [0.25, 0.3) is 0 Å². The lowest BCUT2D eigenvalue weighted by Gasteiger charge is -2.29. The summed E-state index contributed by atoms with van der Waals surface area (Å²) in [6.07, 6.45) is 3.51. The molecule has 0 radical (unpaired) electrons. The van der Waals surface area contributed by atoms with Crippen molar-refractivity contribution in [1.82, 2.24) is 0 Å². The number of carboxylic acid groups (broad SMARTS) is 1. The highest BCUT2D eigenvalue weighted by Gasteiger charge is 2.46. The van der Waals surface area contributed by atoms with Gasteiger partial charge >= 0.3 is 17.9 Å². The van der Waals surface area contributed by atoms with Gasteiger partial charge in [0.05, 0.1) is 13.0 Å². The minimum Gasteiger partial charge on any atom is -0.481 e. The molecule has 0 aromatic carbocycles. The number of carbonyl (C=O) groups is 3. The normalized spacial score (nSPS) is 18.6. The van der Waals surface area contributed by atoms with Crippen LogP contribution in [0.3, 0.4) is 0 Å². The first-order chi connectivity index (χ1) is 10.9. The van der Waals surface area contributed by atoms with Crippen molar-refractivity contribution in [2.24, 2.45) is 0 Å². The van der Waals surface area contributed by atoms with Crippen LogP contribution in [-0.2, 0) is 28.6 Å². The second-order valence-electron chi connectivity index (χ2n) is 5.55. The molecule has 7 nitrogen and oxygen atoms in total. The number of carbonyl (C=O) groups excluding carboxylic acids is 2. The molecule has 0 aliphatic carbocycles. The van der Waals surface area contributed by atoms with Gasteiger partial charge in [0.1, 0.15) is 12.7 Å². The van der Waals surface area contributed by atoms with Gasteiger partial charge in [-0.3, -0.25) is 4.79 Å². The highest BCUT2D eigenvalue weighted by molar-refractivity contribution is 5.90. The molecule has 2 unspecified atom stereocenters. The Labute approximate surface area is 135 Å². The average molecular weight is 328 g/mol. The first-order valence-corrected chi connectivity index (χ1v) is 7.79. The number of carboxylic acids is 1. The maximum absolute atomic E-state index is 12.4. The second kappa shape index (κ2) is 9.29. The molecule has 1 rings (SSSR count). The number of esters is 2. The molecule has 0 bridgehead atoms. The molecule has 7 heteroatoms. The highest BCUT2D eigenvalue weighted by Crippen LogP contribution is 2.27. The molecule has 1 N–H and O–H groups in total. The molecule has 0 aromatic rings. The lowest BCUT2D eigenvalue weighted by Crippen LogP contribution is -2.46. The molecule has 1 saturated heterocycles. The third kappa shape index (κ3) is 6.81. The monoisotopic (exact) mass is 328 g/mol. The Morgan fingerprint density at radius 2 is 2.04 bits per heavy atom. The summed E-state index contributed by atoms with van der Waals surface area (Å²) < 4.78 is 15.2. The fraction of sp³-hybridized carbons (Fsp3) is 0.688. The van der Waals surface area contributed by atoms with Crippen LogP contribution >= 0.6 is 0 Å². The third-order valence-corrected chi connectivity index (χ3v) is 3.51. The summed E-state index contributed by atoms with van der Waals surface area (Å²) in [5, 5.41) is 9.13. The molecule has 1 heterocycles. The first-order valence-electron chi connectivity index (χ1n) is 7.79. The van der Waals surface area contributed by atoms with Crippen molar-refractivity contribution in [3.05, 3.63) is 12.7 Å². The number of rotatable bonds is 12. The summed E-state index contributed by atoms with van der Waals surface area (Å²) in [4.78, 5) is 35.2. The number of epoxide rings is 1. The summed E-state index contributed by atoms with van der Waals surface area (Å²) in [6, 6.07) is 0. The molecule has 23 heavy (non-hydrogen) atoms. The molecule has 130 valence electrons. The average Bonchev–Trinajstić information content (AvgIpc) is 3.32. The Balaban J connectivity index is 2.83. The fourth-order valence-electron chi connectivity index (χ4n) is 2.17. The van der Waals surface area contributed by atoms with E-state index in [4.69, 9.17) is 19.3 Å². The Bertz CT molecular complexity index is 442. The van der Waals surface area contributed by atoms with Crippen molar-refractivity contribution in [2.45, 2.75) is 57.2 Å². The van der Waals surface area contributed by atoms with Gasteiger partial charge in [-0.05, 0) is 12.8 Å². The van der Waals surface area contributed by atoms with E-state index >= 15 is 0 Å². The van der Waals surface area contributed by atoms with Gasteiger partial charge in [-0.1, -0.05) is 32.8 Å². The number of hydrogen-bond acceptors (Lipinski definition) is 6. The number of ether oxygens (including phenoxy) is 3. The van der Waals surface area contributed by atoms with Gasteiger partial charge in [0, 0.05) is 6.08 Å². The van der Waals surface area contributed by atoms with Gasteiger partial charge in [0.2, 0.25) is 5.60 Å². The van der Waals surface area contributed by atoms with Crippen LogP contribution in [-0.4, -0.2) is 47.9 Å². The Hall–Kier alpha value is -1.89. The number of aliphatic carboxylic acids is 1. The van der Waals surface area contributed by atoms with E-state index in [9.17, 15) is 14.4 Å². The summed E-state index contributed by atoms with van der Waals surface area (Å²) in [5.74, 6) is -2.93. The van der Waals surface area contributed by atoms with Crippen LogP contribution in [0.4, 0.5) is 0 Å². The lowest BCUT2D eigenvalue weighted by molar-refractivity contribution is -0.185. The molecule has 1 fully saturated rings. The van der Waals surface area contributed by atoms with E-state index in [0.29, 0.717) is 13.0 Å². The van der Waals surface area contributed by atoms with Gasteiger partial charge < -0.3 is 19.3 Å². The van der Waals surface area contributed by atoms with Crippen molar-refractivity contribution < 1.29 is 33.7 Å². The van der Waals surface area contributed by atoms with Crippen molar-refractivity contribution in [1.29, 1.82) is 0 Å². The maximum Gasteiger partial charge on any atom is 0.351 e. The van der Waals surface area contributed by atoms with Gasteiger partial charge in [0.25, 0.3) is 0 Å². The van der Waals surface area contributed by atoms with E-state index in [1.807, 2.05) is 6.92 Å². The molecule has 1 aliphatic heterocycles. The van der Waals surface area contributed by atoms with Crippen LogP contribution in [0.5, 0.6) is 0 Å². The van der Waals surface area contributed by atoms with Crippen molar-refractivity contribution in [2.75, 3.05) is 13.2 Å². The molecule has 2 atom stereocenters. The summed E-state index contributed by atoms with van der Waals surface area (Å²) >= 11 is 0. The number of unbranched alkanes of at least 4 members (excludes halogenated alkanes) is 3. The molecule has 0 saturated carbocycles. The zero-order chi connectivity index (χ0) is 17.3. The predicted octanol–water partition coefficient (Wildman–Crippen LogP) is 1.84. The van der Waals surface area contributed by atoms with Gasteiger partial charge in [-0.15, -0.1) is 0 Å². The van der Waals surface area contributed by atoms with Crippen molar-refractivity contribution in [3.8, 4) is 0 Å². The van der Waals surface area contributed by atoms with Gasteiger partial charge in [-0.25, -0.2) is 9.59 Å². The van der Waals surface area contributed by atoms with Crippen LogP contribution in [0, 0.1) is 0 Å². The highest BCUT2D eigenvalue weighted by atomic mass is 16.6. The van der Waals surface area contributed by atoms with E-state index in [0.717, 1.165) is 25.3 Å². The maximum atomic E-state index is 12.4. The molecular weight excluding hydrogens is 304 g/mol. The Morgan fingerprint density at radius 1 is 1.35 bits per heavy atom.